The number of ether oxygens (including phenoxy) is 1. The smallest absolute Gasteiger partial charge is 0.387 e. The molecule has 2 aliphatic rings. The minimum Gasteiger partial charge on any atom is -0.434 e. The number of carbonyl (C=O) groups excluding carboxylic acids is 1. The van der Waals surface area contributed by atoms with E-state index in [1.165, 1.54) is 40.9 Å². The number of carbonyl (C=O) groups is 1. The van der Waals surface area contributed by atoms with Crippen molar-refractivity contribution in [2.24, 2.45) is 11.3 Å². The molecule has 1 N–H and O–H groups in total. The van der Waals surface area contributed by atoms with Crippen LogP contribution in [0, 0.1) is 11.3 Å². The van der Waals surface area contributed by atoms with Gasteiger partial charge in [-0.25, -0.2) is 0 Å². The number of amides is 1. The van der Waals surface area contributed by atoms with E-state index in [0.29, 0.717) is 32.5 Å². The summed E-state index contributed by atoms with van der Waals surface area (Å²) in [6.45, 7) is -2.05. The molecule has 176 valence electrons. The first-order valence-electron chi connectivity index (χ1n) is 10.5. The monoisotopic (exact) mass is 469 g/mol. The minimum absolute atomic E-state index is 0.0367. The van der Waals surface area contributed by atoms with Gasteiger partial charge in [0.2, 0.25) is 0 Å². The molecule has 1 saturated heterocycles. The van der Waals surface area contributed by atoms with Crippen molar-refractivity contribution in [1.29, 1.82) is 0 Å². The molecule has 10 heteroatoms. The lowest BCUT2D eigenvalue weighted by Crippen LogP contribution is -2.52. The number of para-hydroxylation sites is 1. The summed E-state index contributed by atoms with van der Waals surface area (Å²) in [5.41, 5.74) is -0.317. The summed E-state index contributed by atoms with van der Waals surface area (Å²) >= 11 is 0. The van der Waals surface area contributed by atoms with Crippen LogP contribution in [0.5, 0.6) is 5.75 Å². The topological polar surface area (TPSA) is 79.0 Å². The number of benzene rings is 1. The molecule has 3 rings (SSSR count). The van der Waals surface area contributed by atoms with Gasteiger partial charge in [0.1, 0.15) is 5.75 Å². The first-order chi connectivity index (χ1) is 15.2. The van der Waals surface area contributed by atoms with Gasteiger partial charge in [0, 0.05) is 33.7 Å². The molecule has 1 unspecified atom stereocenters. The standard InChI is InChI=1S/C22H29F2N3O4S/c1-26(2)32(29,30)27-14-12-22(13-15-27,17-8-4-3-5-9-17)16-25-20(28)18-10-6-7-11-19(18)31-21(23)24/h3-8,10-11,17,21H,9,12-16H2,1-2H3,(H,25,28). The Kier molecular flexibility index (Phi) is 7.68. The van der Waals surface area contributed by atoms with Crippen molar-refractivity contribution in [1.82, 2.24) is 13.9 Å². The van der Waals surface area contributed by atoms with Gasteiger partial charge in [0.25, 0.3) is 16.1 Å². The van der Waals surface area contributed by atoms with Gasteiger partial charge in [-0.2, -0.15) is 25.8 Å². The molecule has 0 aromatic heterocycles. The van der Waals surface area contributed by atoms with Gasteiger partial charge >= 0.3 is 6.61 Å². The van der Waals surface area contributed by atoms with Crippen LogP contribution >= 0.6 is 0 Å². The van der Waals surface area contributed by atoms with Crippen molar-refractivity contribution in [3.8, 4) is 5.75 Å². The van der Waals surface area contributed by atoms with Crippen LogP contribution in [-0.4, -0.2) is 63.3 Å². The van der Waals surface area contributed by atoms with Crippen molar-refractivity contribution in [3.63, 3.8) is 0 Å². The quantitative estimate of drug-likeness (QED) is 0.635. The molecular weight excluding hydrogens is 440 g/mol. The van der Waals surface area contributed by atoms with Gasteiger partial charge in [0.05, 0.1) is 5.56 Å². The number of hydrogen-bond acceptors (Lipinski definition) is 4. The van der Waals surface area contributed by atoms with Crippen LogP contribution in [0.3, 0.4) is 0 Å². The SMILES string of the molecule is CN(C)S(=O)(=O)N1CCC(CNC(=O)c2ccccc2OC(F)F)(C2C=CC=CC2)CC1. The van der Waals surface area contributed by atoms with Crippen molar-refractivity contribution >= 4 is 16.1 Å². The van der Waals surface area contributed by atoms with E-state index in [9.17, 15) is 22.0 Å². The number of alkyl halides is 2. The third-order valence-electron chi connectivity index (χ3n) is 6.22. The fourth-order valence-corrected chi connectivity index (χ4v) is 5.42. The highest BCUT2D eigenvalue weighted by atomic mass is 32.2. The zero-order valence-corrected chi connectivity index (χ0v) is 19.0. The summed E-state index contributed by atoms with van der Waals surface area (Å²) in [6.07, 6.45) is 10.0. The molecule has 1 amide bonds. The second kappa shape index (κ2) is 10.1. The van der Waals surface area contributed by atoms with Gasteiger partial charge in [0.15, 0.2) is 0 Å². The maximum atomic E-state index is 12.8. The van der Waals surface area contributed by atoms with Gasteiger partial charge in [-0.3, -0.25) is 4.79 Å². The molecule has 1 heterocycles. The number of nitrogens with one attached hydrogen (secondary N) is 1. The number of halogens is 2. The molecule has 7 nitrogen and oxygen atoms in total. The van der Waals surface area contributed by atoms with E-state index in [2.05, 4.69) is 22.2 Å². The Balaban J connectivity index is 1.77. The highest BCUT2D eigenvalue weighted by Crippen LogP contribution is 2.43. The highest BCUT2D eigenvalue weighted by molar-refractivity contribution is 7.86. The van der Waals surface area contributed by atoms with Crippen molar-refractivity contribution in [2.75, 3.05) is 33.7 Å². The van der Waals surface area contributed by atoms with Crippen molar-refractivity contribution in [2.45, 2.75) is 25.9 Å². The Bertz CT molecular complexity index is 971. The third kappa shape index (κ3) is 5.36. The van der Waals surface area contributed by atoms with Crippen molar-refractivity contribution in [3.05, 3.63) is 54.1 Å². The molecule has 1 fully saturated rings. The number of rotatable bonds is 8. The summed E-state index contributed by atoms with van der Waals surface area (Å²) in [5, 5.41) is 2.90. The van der Waals surface area contributed by atoms with Crippen LogP contribution in [-0.2, 0) is 10.2 Å². The van der Waals surface area contributed by atoms with E-state index in [0.717, 1.165) is 6.42 Å². The molecule has 1 aliphatic heterocycles. The van der Waals surface area contributed by atoms with E-state index in [1.807, 2.05) is 12.2 Å². The Morgan fingerprint density at radius 1 is 1.25 bits per heavy atom. The number of nitrogens with zero attached hydrogens (tertiary/aromatic N) is 2. The Morgan fingerprint density at radius 3 is 2.53 bits per heavy atom. The maximum Gasteiger partial charge on any atom is 0.387 e. The molecule has 0 saturated carbocycles. The molecule has 1 atom stereocenters. The Morgan fingerprint density at radius 2 is 1.94 bits per heavy atom. The average molecular weight is 470 g/mol. The van der Waals surface area contributed by atoms with Crippen LogP contribution in [0.2, 0.25) is 0 Å². The van der Waals surface area contributed by atoms with Crippen LogP contribution in [0.25, 0.3) is 0 Å². The molecule has 0 bridgehead atoms. The maximum absolute atomic E-state index is 12.8. The first kappa shape index (κ1) is 24.3. The number of piperidine rings is 1. The predicted molar refractivity (Wildman–Crippen MR) is 118 cm³/mol. The van der Waals surface area contributed by atoms with E-state index in [4.69, 9.17) is 0 Å². The summed E-state index contributed by atoms with van der Waals surface area (Å²) in [4.78, 5) is 12.8. The number of hydrogen-bond donors (Lipinski definition) is 1. The van der Waals surface area contributed by atoms with Crippen LogP contribution < -0.4 is 10.1 Å². The lowest BCUT2D eigenvalue weighted by atomic mass is 9.66. The molecular formula is C22H29F2N3O4S. The fourth-order valence-electron chi connectivity index (χ4n) is 4.31. The summed E-state index contributed by atoms with van der Waals surface area (Å²) < 4.78 is 57.6. The zero-order valence-electron chi connectivity index (χ0n) is 18.2. The van der Waals surface area contributed by atoms with E-state index in [1.54, 1.807) is 6.07 Å². The first-order valence-corrected chi connectivity index (χ1v) is 11.9. The summed E-state index contributed by atoms with van der Waals surface area (Å²) in [6, 6.07) is 5.88. The van der Waals surface area contributed by atoms with Crippen LogP contribution in [0.4, 0.5) is 8.78 Å². The van der Waals surface area contributed by atoms with E-state index >= 15 is 0 Å². The van der Waals surface area contributed by atoms with Gasteiger partial charge in [-0.15, -0.1) is 0 Å². The van der Waals surface area contributed by atoms with E-state index in [-0.39, 0.29) is 22.6 Å². The second-order valence-electron chi connectivity index (χ2n) is 8.26. The average Bonchev–Trinajstić information content (AvgIpc) is 2.78. The predicted octanol–water partition coefficient (Wildman–Crippen LogP) is 3.04. The molecule has 0 spiro atoms. The molecule has 1 aromatic carbocycles. The van der Waals surface area contributed by atoms with Gasteiger partial charge < -0.3 is 10.1 Å². The van der Waals surface area contributed by atoms with E-state index < -0.39 is 22.7 Å². The molecule has 1 aromatic rings. The van der Waals surface area contributed by atoms with Crippen molar-refractivity contribution < 1.29 is 26.7 Å². The number of allylic oxidation sites excluding steroid dienone is 4. The Labute approximate surface area is 187 Å². The normalized spacial score (nSPS) is 21.1. The lowest BCUT2D eigenvalue weighted by molar-refractivity contribution is -0.0501. The second-order valence-corrected chi connectivity index (χ2v) is 10.4. The van der Waals surface area contributed by atoms with Gasteiger partial charge in [-0.05, 0) is 42.7 Å². The Hall–Kier alpha value is -2.30. The molecule has 32 heavy (non-hydrogen) atoms. The van der Waals surface area contributed by atoms with Gasteiger partial charge in [-0.1, -0.05) is 36.4 Å². The van der Waals surface area contributed by atoms with Crippen LogP contribution in [0.1, 0.15) is 29.6 Å². The largest absolute Gasteiger partial charge is 0.434 e. The molecule has 0 radical (unpaired) electrons. The molecule has 1 aliphatic carbocycles. The summed E-state index contributed by atoms with van der Waals surface area (Å²) in [5.74, 6) is -0.551. The zero-order chi connectivity index (χ0) is 23.4. The van der Waals surface area contributed by atoms with Crippen LogP contribution in [0.15, 0.2) is 48.6 Å². The summed E-state index contributed by atoms with van der Waals surface area (Å²) in [7, 11) is -0.503. The third-order valence-corrected chi connectivity index (χ3v) is 8.16. The lowest BCUT2D eigenvalue weighted by Gasteiger charge is -2.46. The highest BCUT2D eigenvalue weighted by Gasteiger charge is 2.43. The minimum atomic E-state index is -3.51. The fraction of sp³-hybridized carbons (Fsp3) is 0.500.